The zero-order valence-corrected chi connectivity index (χ0v) is 19.6. The molecular weight excluding hydrogens is 422 g/mol. The predicted octanol–water partition coefficient (Wildman–Crippen LogP) is 4.60. The number of hydrogen-bond donors (Lipinski definition) is 1. The number of nitrogens with one attached hydrogen (secondary N) is 1. The Labute approximate surface area is 192 Å². The largest absolute Gasteiger partial charge is 0.490 e. The number of amides is 1. The van der Waals surface area contributed by atoms with Crippen molar-refractivity contribution in [2.75, 3.05) is 29.5 Å². The van der Waals surface area contributed by atoms with Gasteiger partial charge >= 0.3 is 0 Å². The van der Waals surface area contributed by atoms with E-state index in [1.165, 1.54) is 11.3 Å². The first-order chi connectivity index (χ1) is 15.3. The normalized spacial score (nSPS) is 16.6. The molecule has 0 spiro atoms. The van der Waals surface area contributed by atoms with Crippen LogP contribution in [0.25, 0.3) is 0 Å². The van der Waals surface area contributed by atoms with E-state index in [2.05, 4.69) is 45.2 Å². The van der Waals surface area contributed by atoms with Gasteiger partial charge in [0, 0.05) is 29.9 Å². The number of nitrogens with zero attached hydrogens (tertiary/aromatic N) is 4. The second kappa shape index (κ2) is 7.78. The van der Waals surface area contributed by atoms with Gasteiger partial charge in [0.2, 0.25) is 0 Å². The van der Waals surface area contributed by atoms with Gasteiger partial charge in [-0.25, -0.2) is 4.98 Å². The third kappa shape index (κ3) is 3.68. The van der Waals surface area contributed by atoms with E-state index in [4.69, 9.17) is 9.72 Å². The summed E-state index contributed by atoms with van der Waals surface area (Å²) < 4.78 is 5.95. The molecule has 0 atom stereocenters. The molecule has 0 saturated heterocycles. The third-order valence-corrected chi connectivity index (χ3v) is 6.94. The Morgan fingerprint density at radius 1 is 1.25 bits per heavy atom. The van der Waals surface area contributed by atoms with Crippen LogP contribution in [0.1, 0.15) is 41.8 Å². The fraction of sp³-hybridized carbons (Fsp3) is 0.375. The maximum absolute atomic E-state index is 12.6. The number of aryl methyl sites for hydroxylation is 1. The van der Waals surface area contributed by atoms with Crippen LogP contribution in [0.3, 0.4) is 0 Å². The molecule has 0 fully saturated rings. The van der Waals surface area contributed by atoms with Gasteiger partial charge in [0.15, 0.2) is 5.13 Å². The summed E-state index contributed by atoms with van der Waals surface area (Å²) in [5.41, 5.74) is 4.67. The second-order valence-electron chi connectivity index (χ2n) is 8.84. The first-order valence-electron chi connectivity index (χ1n) is 10.9. The lowest BCUT2D eigenvalue weighted by Gasteiger charge is -2.31. The number of aromatic nitrogens is 2. The average molecular weight is 450 g/mol. The van der Waals surface area contributed by atoms with Crippen LogP contribution in [-0.2, 0) is 6.42 Å². The van der Waals surface area contributed by atoms with E-state index in [0.717, 1.165) is 52.3 Å². The van der Waals surface area contributed by atoms with Crippen LogP contribution in [0.15, 0.2) is 36.5 Å². The molecule has 3 aromatic rings. The van der Waals surface area contributed by atoms with Gasteiger partial charge in [-0.2, -0.15) is 0 Å². The summed E-state index contributed by atoms with van der Waals surface area (Å²) in [6.07, 6.45) is 2.63. The van der Waals surface area contributed by atoms with Crippen LogP contribution < -0.4 is 19.9 Å². The number of fused-ring (bicyclic) bond motifs is 2. The Bertz CT molecular complexity index is 1170. The molecule has 2 aliphatic heterocycles. The Kier molecular flexibility index (Phi) is 5.04. The fourth-order valence-corrected chi connectivity index (χ4v) is 5.30. The van der Waals surface area contributed by atoms with Crippen LogP contribution in [0.5, 0.6) is 5.75 Å². The Morgan fingerprint density at radius 3 is 2.81 bits per heavy atom. The minimum absolute atomic E-state index is 0.0359. The average Bonchev–Trinajstić information content (AvgIpc) is 3.18. The molecule has 7 nitrogen and oxygen atoms in total. The van der Waals surface area contributed by atoms with Gasteiger partial charge < -0.3 is 19.9 Å². The highest BCUT2D eigenvalue weighted by Gasteiger charge is 2.35. The number of rotatable bonds is 4. The number of pyridine rings is 1. The van der Waals surface area contributed by atoms with Gasteiger partial charge in [0.1, 0.15) is 17.2 Å². The molecule has 0 aliphatic carbocycles. The maximum atomic E-state index is 12.6. The molecule has 0 radical (unpaired) electrons. The van der Waals surface area contributed by atoms with Crippen LogP contribution in [0, 0.1) is 6.92 Å². The van der Waals surface area contributed by atoms with E-state index in [-0.39, 0.29) is 11.4 Å². The van der Waals surface area contributed by atoms with Crippen LogP contribution in [-0.4, -0.2) is 41.1 Å². The minimum atomic E-state index is -0.283. The summed E-state index contributed by atoms with van der Waals surface area (Å²) in [4.78, 5) is 27.1. The number of carbonyl (C=O) groups is 1. The zero-order valence-electron chi connectivity index (χ0n) is 18.8. The second-order valence-corrected chi connectivity index (χ2v) is 9.82. The summed E-state index contributed by atoms with van der Waals surface area (Å²) in [6.45, 7) is 10.3. The monoisotopic (exact) mass is 449 g/mol. The van der Waals surface area contributed by atoms with Crippen molar-refractivity contribution in [2.24, 2.45) is 0 Å². The van der Waals surface area contributed by atoms with Crippen molar-refractivity contribution >= 4 is 39.4 Å². The smallest absolute Gasteiger partial charge is 0.263 e. The molecule has 4 heterocycles. The Hall–Kier alpha value is -3.13. The Balaban J connectivity index is 1.53. The molecule has 5 rings (SSSR count). The van der Waals surface area contributed by atoms with Crippen molar-refractivity contribution < 1.29 is 9.53 Å². The van der Waals surface area contributed by atoms with Gasteiger partial charge in [0.05, 0.1) is 29.8 Å². The summed E-state index contributed by atoms with van der Waals surface area (Å²) >= 11 is 1.46. The van der Waals surface area contributed by atoms with E-state index >= 15 is 0 Å². The van der Waals surface area contributed by atoms with E-state index in [0.29, 0.717) is 18.0 Å². The highest BCUT2D eigenvalue weighted by Crippen LogP contribution is 2.43. The number of thiazole rings is 1. The van der Waals surface area contributed by atoms with Gasteiger partial charge in [-0.15, -0.1) is 0 Å². The molecule has 8 heteroatoms. The molecular formula is C24H27N5O2S. The van der Waals surface area contributed by atoms with Crippen molar-refractivity contribution in [3.8, 4) is 5.75 Å². The molecule has 0 bridgehead atoms. The molecule has 166 valence electrons. The maximum Gasteiger partial charge on any atom is 0.263 e. The van der Waals surface area contributed by atoms with Gasteiger partial charge in [-0.1, -0.05) is 11.3 Å². The summed E-state index contributed by atoms with van der Waals surface area (Å²) in [7, 11) is 0. The topological polar surface area (TPSA) is 70.6 Å². The fourth-order valence-electron chi connectivity index (χ4n) is 4.29. The van der Waals surface area contributed by atoms with Crippen LogP contribution >= 0.6 is 11.3 Å². The number of hydrogen-bond acceptors (Lipinski definition) is 7. The predicted molar refractivity (Wildman–Crippen MR) is 128 cm³/mol. The summed E-state index contributed by atoms with van der Waals surface area (Å²) in [6, 6.07) is 10.4. The highest BCUT2D eigenvalue weighted by atomic mass is 32.1. The molecule has 2 aromatic heterocycles. The van der Waals surface area contributed by atoms with E-state index in [1.807, 2.05) is 39.1 Å². The van der Waals surface area contributed by atoms with Crippen molar-refractivity contribution in [3.63, 3.8) is 0 Å². The summed E-state index contributed by atoms with van der Waals surface area (Å²) in [5.74, 6) is 0.794. The number of carbonyl (C=O) groups excluding carboxylic acids is 1. The van der Waals surface area contributed by atoms with Crippen molar-refractivity contribution in [1.29, 1.82) is 0 Å². The molecule has 2 aliphatic rings. The van der Waals surface area contributed by atoms with Crippen LogP contribution in [0.4, 0.5) is 22.2 Å². The van der Waals surface area contributed by atoms with Gasteiger partial charge in [-0.3, -0.25) is 9.78 Å². The SMILES string of the molecule is CCN(c1ccc(C)nc1)c1ccc2c(c1)N(c1nc3c(s1)C(=O)NC(C)(C)C3)CCO2. The summed E-state index contributed by atoms with van der Waals surface area (Å²) in [5, 5.41) is 3.91. The van der Waals surface area contributed by atoms with Crippen molar-refractivity contribution in [1.82, 2.24) is 15.3 Å². The van der Waals surface area contributed by atoms with E-state index in [9.17, 15) is 4.79 Å². The quantitative estimate of drug-likeness (QED) is 0.628. The van der Waals surface area contributed by atoms with E-state index < -0.39 is 0 Å². The lowest BCUT2D eigenvalue weighted by Crippen LogP contribution is -2.48. The number of ether oxygens (including phenoxy) is 1. The molecule has 32 heavy (non-hydrogen) atoms. The van der Waals surface area contributed by atoms with Crippen molar-refractivity contribution in [2.45, 2.75) is 39.7 Å². The highest BCUT2D eigenvalue weighted by molar-refractivity contribution is 7.17. The molecule has 1 N–H and O–H groups in total. The van der Waals surface area contributed by atoms with Gasteiger partial charge in [0.25, 0.3) is 5.91 Å². The number of benzene rings is 1. The molecule has 1 aromatic carbocycles. The zero-order chi connectivity index (χ0) is 22.5. The first-order valence-corrected chi connectivity index (χ1v) is 11.7. The van der Waals surface area contributed by atoms with Gasteiger partial charge in [-0.05, 0) is 58.0 Å². The third-order valence-electron chi connectivity index (χ3n) is 5.83. The number of anilines is 4. The lowest BCUT2D eigenvalue weighted by molar-refractivity contribution is 0.0901. The van der Waals surface area contributed by atoms with E-state index in [1.54, 1.807) is 0 Å². The minimum Gasteiger partial charge on any atom is -0.490 e. The van der Waals surface area contributed by atoms with Crippen molar-refractivity contribution in [3.05, 3.63) is 52.8 Å². The molecule has 0 unspecified atom stereocenters. The molecule has 1 amide bonds. The first kappa shape index (κ1) is 20.8. The standard InChI is InChI=1S/C24H27N5O2S/c1-5-28(17-7-6-15(2)25-14-17)16-8-9-20-19(12-16)29(10-11-31-20)23-26-18-13-24(3,4)27-22(30)21(18)32-23/h6-9,12,14H,5,10-11,13H2,1-4H3,(H,27,30). The molecule has 0 saturated carbocycles. The lowest BCUT2D eigenvalue weighted by atomic mass is 9.94. The van der Waals surface area contributed by atoms with Crippen LogP contribution in [0.2, 0.25) is 0 Å². The Morgan fingerprint density at radius 2 is 2.06 bits per heavy atom.